The summed E-state index contributed by atoms with van der Waals surface area (Å²) in [4.78, 5) is 9.45. The van der Waals surface area contributed by atoms with Crippen LogP contribution in [0.5, 0.6) is 0 Å². The Kier molecular flexibility index (Phi) is 9.73. The molecule has 0 spiro atoms. The number of aliphatic imine (C=N–C) groups is 1. The smallest absolute Gasteiger partial charge is 0.240 e. The Balaban J connectivity index is 2.81. The average molecular weight is 330 g/mol. The molecule has 0 atom stereocenters. The van der Waals surface area contributed by atoms with Crippen molar-refractivity contribution in [2.24, 2.45) is 16.8 Å². The first-order valence-electron chi connectivity index (χ1n) is 8.57. The summed E-state index contributed by atoms with van der Waals surface area (Å²) in [6, 6.07) is 8.50. The van der Waals surface area contributed by atoms with E-state index in [2.05, 4.69) is 43.1 Å². The summed E-state index contributed by atoms with van der Waals surface area (Å²) < 4.78 is 0. The molecule has 0 aliphatic heterocycles. The molecule has 0 aliphatic rings. The van der Waals surface area contributed by atoms with Crippen LogP contribution >= 0.6 is 0 Å². The maximum Gasteiger partial charge on any atom is 0.240 e. The third-order valence-corrected chi connectivity index (χ3v) is 3.45. The Morgan fingerprint density at radius 3 is 2.46 bits per heavy atom. The van der Waals surface area contributed by atoms with E-state index in [1.54, 1.807) is 0 Å². The van der Waals surface area contributed by atoms with Crippen LogP contribution in [-0.2, 0) is 17.8 Å². The average Bonchev–Trinajstić information content (AvgIpc) is 2.56. The highest BCUT2D eigenvalue weighted by Crippen LogP contribution is 2.12. The van der Waals surface area contributed by atoms with Crippen molar-refractivity contribution in [1.29, 1.82) is 0 Å². The fraction of sp³-hybridized carbons (Fsp3) is 0.450. The lowest BCUT2D eigenvalue weighted by Gasteiger charge is -2.07. The van der Waals surface area contributed by atoms with Gasteiger partial charge in [-0.2, -0.15) is 5.90 Å². The quantitative estimate of drug-likeness (QED) is 0.312. The van der Waals surface area contributed by atoms with Gasteiger partial charge in [0.25, 0.3) is 0 Å². The lowest BCUT2D eigenvalue weighted by atomic mass is 10.0. The molecular formula is C20H30N2O2. The van der Waals surface area contributed by atoms with Crippen LogP contribution in [0.4, 0.5) is 0 Å². The van der Waals surface area contributed by atoms with Gasteiger partial charge in [-0.3, -0.25) is 0 Å². The first kappa shape index (κ1) is 20.1. The van der Waals surface area contributed by atoms with Gasteiger partial charge in [0.15, 0.2) is 0 Å². The number of aliphatic hydroxyl groups is 1. The van der Waals surface area contributed by atoms with Crippen molar-refractivity contribution in [3.8, 4) is 0 Å². The predicted octanol–water partition coefficient (Wildman–Crippen LogP) is 3.95. The molecule has 1 aromatic rings. The fourth-order valence-corrected chi connectivity index (χ4v) is 2.34. The van der Waals surface area contributed by atoms with E-state index in [0.29, 0.717) is 24.8 Å². The van der Waals surface area contributed by atoms with Gasteiger partial charge in [-0.15, -0.1) is 0 Å². The zero-order valence-corrected chi connectivity index (χ0v) is 15.0. The monoisotopic (exact) mass is 330 g/mol. The van der Waals surface area contributed by atoms with Crippen molar-refractivity contribution >= 4 is 5.90 Å². The van der Waals surface area contributed by atoms with Crippen LogP contribution in [0.25, 0.3) is 0 Å². The predicted molar refractivity (Wildman–Crippen MR) is 101 cm³/mol. The second kappa shape index (κ2) is 11.6. The third kappa shape index (κ3) is 7.57. The molecule has 0 bridgehead atoms. The number of hydrogen-bond donors (Lipinski definition) is 2. The maximum absolute atomic E-state index is 8.88. The normalized spacial score (nSPS) is 13.1. The van der Waals surface area contributed by atoms with E-state index in [1.165, 1.54) is 5.56 Å². The summed E-state index contributed by atoms with van der Waals surface area (Å²) in [5.74, 6) is 6.46. The first-order chi connectivity index (χ1) is 11.6. The van der Waals surface area contributed by atoms with Crippen molar-refractivity contribution < 1.29 is 9.94 Å². The minimum atomic E-state index is 0.120. The Hall–Kier alpha value is -1.91. The second-order valence-electron chi connectivity index (χ2n) is 6.14. The van der Waals surface area contributed by atoms with Gasteiger partial charge in [0.05, 0.1) is 6.54 Å². The zero-order valence-electron chi connectivity index (χ0n) is 15.0. The van der Waals surface area contributed by atoms with Crippen LogP contribution in [-0.4, -0.2) is 17.6 Å². The minimum absolute atomic E-state index is 0.120. The fourth-order valence-electron chi connectivity index (χ4n) is 2.34. The summed E-state index contributed by atoms with van der Waals surface area (Å²) in [5.41, 5.74) is 3.30. The van der Waals surface area contributed by atoms with Gasteiger partial charge in [0, 0.05) is 12.2 Å². The number of nitrogens with zero attached hydrogens (tertiary/aromatic N) is 1. The van der Waals surface area contributed by atoms with Crippen LogP contribution in [0.2, 0.25) is 0 Å². The van der Waals surface area contributed by atoms with E-state index in [1.807, 2.05) is 25.2 Å². The number of benzene rings is 1. The summed E-state index contributed by atoms with van der Waals surface area (Å²) >= 11 is 0. The summed E-state index contributed by atoms with van der Waals surface area (Å²) in [6.45, 7) is 7.11. The summed E-state index contributed by atoms with van der Waals surface area (Å²) in [7, 11) is 0. The summed E-state index contributed by atoms with van der Waals surface area (Å²) in [5, 5.41) is 8.88. The van der Waals surface area contributed by atoms with Crippen molar-refractivity contribution in [3.05, 3.63) is 59.2 Å². The minimum Gasteiger partial charge on any atom is -0.396 e. The Bertz CT molecular complexity index is 558. The number of rotatable bonds is 9. The van der Waals surface area contributed by atoms with Gasteiger partial charge < -0.3 is 9.94 Å². The molecule has 0 heterocycles. The number of nitrogens with two attached hydrogens (primary N) is 1. The Morgan fingerprint density at radius 2 is 1.92 bits per heavy atom. The largest absolute Gasteiger partial charge is 0.396 e. The molecule has 0 saturated carbocycles. The van der Waals surface area contributed by atoms with E-state index in [9.17, 15) is 0 Å². The highest BCUT2D eigenvalue weighted by atomic mass is 16.6. The highest BCUT2D eigenvalue weighted by Gasteiger charge is 2.05. The third-order valence-electron chi connectivity index (χ3n) is 3.45. The molecule has 0 fully saturated rings. The first-order valence-corrected chi connectivity index (χ1v) is 8.57. The Morgan fingerprint density at radius 1 is 1.25 bits per heavy atom. The van der Waals surface area contributed by atoms with Gasteiger partial charge in [0.2, 0.25) is 5.90 Å². The van der Waals surface area contributed by atoms with Crippen LogP contribution in [0.15, 0.2) is 53.1 Å². The number of aliphatic hydroxyl groups excluding tert-OH is 1. The standard InChI is InChI=1S/C20H30N2O2/c1-4-7-19(8-5-6-13-23)20(24-21)22-15-18-11-9-17(10-12-18)14-16(2)3/h5,7-12,16,23H,4,6,13-15,21H2,1-3H3/b8-5-,19-7+,22-20?. The second-order valence-corrected chi connectivity index (χ2v) is 6.14. The van der Waals surface area contributed by atoms with Gasteiger partial charge >= 0.3 is 0 Å². The molecule has 24 heavy (non-hydrogen) atoms. The lowest BCUT2D eigenvalue weighted by Crippen LogP contribution is -2.13. The molecule has 1 rings (SSSR count). The van der Waals surface area contributed by atoms with Crippen molar-refractivity contribution in [2.45, 2.75) is 46.6 Å². The van der Waals surface area contributed by atoms with Crippen LogP contribution in [0.1, 0.15) is 44.7 Å². The molecule has 132 valence electrons. The molecule has 4 nitrogen and oxygen atoms in total. The molecule has 0 radical (unpaired) electrons. The van der Waals surface area contributed by atoms with Crippen molar-refractivity contribution in [3.63, 3.8) is 0 Å². The van der Waals surface area contributed by atoms with Gasteiger partial charge in [-0.25, -0.2) is 4.99 Å². The van der Waals surface area contributed by atoms with Crippen molar-refractivity contribution in [2.75, 3.05) is 6.61 Å². The lowest BCUT2D eigenvalue weighted by molar-refractivity contribution is 0.302. The van der Waals surface area contributed by atoms with E-state index >= 15 is 0 Å². The SMILES string of the molecule is CC/C=C(\C=C/CCO)C(=NCc1ccc(CC(C)C)cc1)ON. The van der Waals surface area contributed by atoms with Gasteiger partial charge in [-0.05, 0) is 36.3 Å². The summed E-state index contributed by atoms with van der Waals surface area (Å²) in [6.07, 6.45) is 8.31. The van der Waals surface area contributed by atoms with Crippen LogP contribution in [0, 0.1) is 5.92 Å². The van der Waals surface area contributed by atoms with Crippen LogP contribution < -0.4 is 5.90 Å². The molecule has 1 aromatic carbocycles. The Labute approximate surface area is 145 Å². The molecule has 0 saturated heterocycles. The van der Waals surface area contributed by atoms with Crippen molar-refractivity contribution in [1.82, 2.24) is 0 Å². The van der Waals surface area contributed by atoms with E-state index < -0.39 is 0 Å². The van der Waals surface area contributed by atoms with E-state index in [-0.39, 0.29) is 6.61 Å². The molecular weight excluding hydrogens is 300 g/mol. The molecule has 4 heteroatoms. The van der Waals surface area contributed by atoms with Gasteiger partial charge in [0.1, 0.15) is 0 Å². The molecule has 0 aromatic heterocycles. The number of allylic oxidation sites excluding steroid dienone is 1. The molecule has 0 amide bonds. The molecule has 0 unspecified atom stereocenters. The maximum atomic E-state index is 8.88. The van der Waals surface area contributed by atoms with E-state index in [4.69, 9.17) is 15.8 Å². The van der Waals surface area contributed by atoms with Crippen LogP contribution in [0.3, 0.4) is 0 Å². The highest BCUT2D eigenvalue weighted by molar-refractivity contribution is 5.96. The van der Waals surface area contributed by atoms with Gasteiger partial charge in [-0.1, -0.05) is 63.3 Å². The number of hydrogen-bond acceptors (Lipinski definition) is 4. The zero-order chi connectivity index (χ0) is 17.8. The molecule has 0 aliphatic carbocycles. The van der Waals surface area contributed by atoms with E-state index in [0.717, 1.165) is 24.0 Å². The molecule has 3 N–H and O–H groups in total. The topological polar surface area (TPSA) is 67.8 Å².